The smallest absolute Gasteiger partial charge is 0.246 e. The summed E-state index contributed by atoms with van der Waals surface area (Å²) in [6.07, 6.45) is 3.20. The Balaban J connectivity index is 1.50. The van der Waals surface area contributed by atoms with Crippen LogP contribution in [0.5, 0.6) is 0 Å². The molecule has 0 bridgehead atoms. The average molecular weight is 330 g/mol. The number of benzene rings is 1. The number of nitrogens with zero attached hydrogens (tertiary/aromatic N) is 2. The molecule has 0 saturated carbocycles. The fourth-order valence-corrected chi connectivity index (χ4v) is 3.31. The summed E-state index contributed by atoms with van der Waals surface area (Å²) in [4.78, 5) is 16.4. The summed E-state index contributed by atoms with van der Waals surface area (Å²) in [5.41, 5.74) is 2.04. The van der Waals surface area contributed by atoms with Crippen molar-refractivity contribution in [3.05, 3.63) is 64.1 Å². The van der Waals surface area contributed by atoms with Gasteiger partial charge in [0.15, 0.2) is 0 Å². The van der Waals surface area contributed by atoms with Crippen molar-refractivity contribution >= 4 is 23.3 Å². The van der Waals surface area contributed by atoms with Gasteiger partial charge in [-0.25, -0.2) is 4.39 Å². The number of rotatable bonds is 4. The second kappa shape index (κ2) is 7.53. The predicted octanol–water partition coefficient (Wildman–Crippen LogP) is 3.24. The normalized spacial score (nSPS) is 16.1. The predicted molar refractivity (Wildman–Crippen MR) is 91.6 cm³/mol. The van der Waals surface area contributed by atoms with Crippen molar-refractivity contribution in [2.75, 3.05) is 26.2 Å². The Morgan fingerprint density at radius 3 is 2.74 bits per heavy atom. The van der Waals surface area contributed by atoms with Crippen molar-refractivity contribution in [1.29, 1.82) is 0 Å². The Hall–Kier alpha value is -1.98. The monoisotopic (exact) mass is 330 g/mol. The van der Waals surface area contributed by atoms with Gasteiger partial charge in [-0.2, -0.15) is 11.3 Å². The fraction of sp³-hybridized carbons (Fsp3) is 0.278. The molecule has 2 aromatic rings. The first-order valence-corrected chi connectivity index (χ1v) is 8.61. The minimum Gasteiger partial charge on any atom is -0.337 e. The number of hydrogen-bond donors (Lipinski definition) is 0. The van der Waals surface area contributed by atoms with Crippen LogP contribution < -0.4 is 0 Å². The molecule has 1 aliphatic rings. The van der Waals surface area contributed by atoms with Gasteiger partial charge < -0.3 is 4.90 Å². The Morgan fingerprint density at radius 1 is 1.22 bits per heavy atom. The molecular formula is C18H19FN2OS. The second-order valence-electron chi connectivity index (χ2n) is 5.62. The maximum atomic E-state index is 13.1. The van der Waals surface area contributed by atoms with E-state index in [2.05, 4.69) is 21.7 Å². The molecular weight excluding hydrogens is 311 g/mol. The van der Waals surface area contributed by atoms with Crippen LogP contribution >= 0.6 is 11.3 Å². The first-order valence-electron chi connectivity index (χ1n) is 7.67. The van der Waals surface area contributed by atoms with Crippen molar-refractivity contribution in [1.82, 2.24) is 9.80 Å². The van der Waals surface area contributed by atoms with E-state index in [1.165, 1.54) is 23.8 Å². The van der Waals surface area contributed by atoms with E-state index < -0.39 is 0 Å². The van der Waals surface area contributed by atoms with E-state index in [9.17, 15) is 9.18 Å². The zero-order chi connectivity index (χ0) is 16.1. The van der Waals surface area contributed by atoms with Crippen LogP contribution in [0.4, 0.5) is 4.39 Å². The highest BCUT2D eigenvalue weighted by molar-refractivity contribution is 7.07. The number of thiophene rings is 1. The molecule has 3 nitrogen and oxygen atoms in total. The Kier molecular flexibility index (Phi) is 5.20. The third-order valence-electron chi connectivity index (χ3n) is 3.94. The second-order valence-corrected chi connectivity index (χ2v) is 6.40. The summed E-state index contributed by atoms with van der Waals surface area (Å²) in [7, 11) is 0. The highest BCUT2D eigenvalue weighted by atomic mass is 32.1. The largest absolute Gasteiger partial charge is 0.337 e. The highest BCUT2D eigenvalue weighted by Crippen LogP contribution is 2.12. The van der Waals surface area contributed by atoms with E-state index in [4.69, 9.17) is 0 Å². The Morgan fingerprint density at radius 2 is 2.04 bits per heavy atom. The summed E-state index contributed by atoms with van der Waals surface area (Å²) in [6.45, 7) is 4.18. The fourth-order valence-electron chi connectivity index (χ4n) is 2.65. The van der Waals surface area contributed by atoms with Crippen molar-refractivity contribution < 1.29 is 9.18 Å². The maximum Gasteiger partial charge on any atom is 0.246 e. The number of hydrogen-bond acceptors (Lipinski definition) is 3. The van der Waals surface area contributed by atoms with Crippen LogP contribution in [-0.2, 0) is 11.3 Å². The lowest BCUT2D eigenvalue weighted by atomic mass is 10.2. The molecule has 1 amide bonds. The molecule has 0 unspecified atom stereocenters. The molecule has 0 atom stereocenters. The molecule has 1 fully saturated rings. The van der Waals surface area contributed by atoms with E-state index in [0.717, 1.165) is 32.7 Å². The van der Waals surface area contributed by atoms with E-state index >= 15 is 0 Å². The zero-order valence-corrected chi connectivity index (χ0v) is 13.6. The van der Waals surface area contributed by atoms with Gasteiger partial charge >= 0.3 is 0 Å². The van der Waals surface area contributed by atoms with Gasteiger partial charge in [0.05, 0.1) is 0 Å². The van der Waals surface area contributed by atoms with Gasteiger partial charge in [-0.15, -0.1) is 0 Å². The lowest BCUT2D eigenvalue weighted by Gasteiger charge is -2.34. The molecule has 1 aromatic carbocycles. The quantitative estimate of drug-likeness (QED) is 0.804. The van der Waals surface area contributed by atoms with Gasteiger partial charge in [-0.3, -0.25) is 9.69 Å². The van der Waals surface area contributed by atoms with Crippen LogP contribution in [0.1, 0.15) is 11.1 Å². The molecule has 2 heterocycles. The lowest BCUT2D eigenvalue weighted by molar-refractivity contribution is -0.127. The highest BCUT2D eigenvalue weighted by Gasteiger charge is 2.19. The molecule has 0 radical (unpaired) electrons. The molecule has 23 heavy (non-hydrogen) atoms. The first kappa shape index (κ1) is 15.9. The topological polar surface area (TPSA) is 23.6 Å². The molecule has 3 rings (SSSR count). The van der Waals surface area contributed by atoms with Crippen LogP contribution in [-0.4, -0.2) is 41.9 Å². The zero-order valence-electron chi connectivity index (χ0n) is 12.8. The van der Waals surface area contributed by atoms with Gasteiger partial charge in [0.2, 0.25) is 5.91 Å². The lowest BCUT2D eigenvalue weighted by Crippen LogP contribution is -2.47. The van der Waals surface area contributed by atoms with E-state index in [-0.39, 0.29) is 11.7 Å². The molecule has 1 aliphatic heterocycles. The van der Waals surface area contributed by atoms with Crippen molar-refractivity contribution in [2.45, 2.75) is 6.54 Å². The van der Waals surface area contributed by atoms with Crippen LogP contribution in [0, 0.1) is 5.82 Å². The van der Waals surface area contributed by atoms with Gasteiger partial charge in [-0.05, 0) is 46.2 Å². The summed E-state index contributed by atoms with van der Waals surface area (Å²) >= 11 is 1.71. The minimum absolute atomic E-state index is 0.00977. The van der Waals surface area contributed by atoms with Gasteiger partial charge in [0, 0.05) is 38.8 Å². The van der Waals surface area contributed by atoms with Crippen LogP contribution in [0.15, 0.2) is 47.2 Å². The Labute approximate surface area is 139 Å². The number of carbonyl (C=O) groups is 1. The van der Waals surface area contributed by atoms with Gasteiger partial charge in [0.1, 0.15) is 5.82 Å². The number of amides is 1. The van der Waals surface area contributed by atoms with Crippen LogP contribution in [0.2, 0.25) is 0 Å². The number of piperazine rings is 1. The third kappa shape index (κ3) is 4.50. The number of carbonyl (C=O) groups excluding carboxylic acids is 1. The summed E-state index contributed by atoms with van der Waals surface area (Å²) in [5, 5.41) is 4.26. The van der Waals surface area contributed by atoms with Crippen molar-refractivity contribution in [3.8, 4) is 0 Å². The molecule has 120 valence electrons. The summed E-state index contributed by atoms with van der Waals surface area (Å²) in [6, 6.07) is 8.38. The first-order chi connectivity index (χ1) is 11.2. The van der Waals surface area contributed by atoms with Crippen LogP contribution in [0.25, 0.3) is 6.08 Å². The molecule has 0 spiro atoms. The van der Waals surface area contributed by atoms with Crippen LogP contribution in [0.3, 0.4) is 0 Å². The standard InChI is InChI=1S/C18H19FN2OS/c19-17-3-1-2-15(12-17)4-5-18(22)21-9-7-20(8-10-21)13-16-6-11-23-14-16/h1-6,11-12,14H,7-10,13H2/b5-4+. The average Bonchev–Trinajstić information content (AvgIpc) is 3.06. The maximum absolute atomic E-state index is 13.1. The minimum atomic E-state index is -0.290. The third-order valence-corrected chi connectivity index (χ3v) is 4.67. The molecule has 5 heteroatoms. The van der Waals surface area contributed by atoms with E-state index in [0.29, 0.717) is 5.56 Å². The molecule has 1 saturated heterocycles. The Bertz CT molecular complexity index is 676. The summed E-state index contributed by atoms with van der Waals surface area (Å²) in [5.74, 6) is -0.300. The summed E-state index contributed by atoms with van der Waals surface area (Å²) < 4.78 is 13.1. The van der Waals surface area contributed by atoms with E-state index in [1.54, 1.807) is 29.5 Å². The van der Waals surface area contributed by atoms with Crippen molar-refractivity contribution in [2.24, 2.45) is 0 Å². The van der Waals surface area contributed by atoms with Gasteiger partial charge in [-0.1, -0.05) is 12.1 Å². The molecule has 0 N–H and O–H groups in total. The van der Waals surface area contributed by atoms with Gasteiger partial charge in [0.25, 0.3) is 0 Å². The van der Waals surface area contributed by atoms with Crippen molar-refractivity contribution in [3.63, 3.8) is 0 Å². The molecule has 1 aromatic heterocycles. The molecule has 0 aliphatic carbocycles. The SMILES string of the molecule is O=C(/C=C/c1cccc(F)c1)N1CCN(Cc2ccsc2)CC1. The number of halogens is 1. The van der Waals surface area contributed by atoms with E-state index in [1.807, 2.05) is 4.90 Å².